The summed E-state index contributed by atoms with van der Waals surface area (Å²) < 4.78 is 15.9. The maximum Gasteiger partial charge on any atom is 0.294 e. The second-order valence-electron chi connectivity index (χ2n) is 7.07. The van der Waals surface area contributed by atoms with Crippen molar-refractivity contribution in [3.8, 4) is 17.2 Å². The van der Waals surface area contributed by atoms with Crippen molar-refractivity contribution in [2.24, 2.45) is 0 Å². The van der Waals surface area contributed by atoms with Crippen LogP contribution in [0.2, 0.25) is 5.02 Å². The van der Waals surface area contributed by atoms with E-state index in [1.807, 2.05) is 6.07 Å². The van der Waals surface area contributed by atoms with Gasteiger partial charge in [-0.15, -0.1) is 6.58 Å². The number of carbonyl (C=O) groups excluding carboxylic acids is 3. The number of benzene rings is 2. The molecule has 1 aliphatic heterocycles. The zero-order chi connectivity index (χ0) is 24.8. The molecule has 1 fully saturated rings. The number of allylic oxidation sites excluding steroid dienone is 1. The predicted molar refractivity (Wildman–Crippen MR) is 133 cm³/mol. The molecule has 0 atom stereocenters. The SMILES string of the molecule is C=CCc1cc(/C=C2\SC(=O)N(CC(=O)Nc3ccc(OC)c(Cl)c3)C2=O)cc(OC)c1OC. The van der Waals surface area contributed by atoms with E-state index >= 15 is 0 Å². The van der Waals surface area contributed by atoms with Crippen LogP contribution in [0.5, 0.6) is 17.2 Å². The third-order valence-electron chi connectivity index (χ3n) is 4.85. The number of ether oxygens (including phenoxy) is 3. The monoisotopic (exact) mass is 502 g/mol. The fourth-order valence-electron chi connectivity index (χ4n) is 3.33. The van der Waals surface area contributed by atoms with Gasteiger partial charge in [-0.1, -0.05) is 17.7 Å². The van der Waals surface area contributed by atoms with E-state index in [-0.39, 0.29) is 4.91 Å². The van der Waals surface area contributed by atoms with E-state index in [1.54, 1.807) is 37.5 Å². The van der Waals surface area contributed by atoms with Crippen LogP contribution in [0.4, 0.5) is 10.5 Å². The Bertz CT molecular complexity index is 1180. The van der Waals surface area contributed by atoms with Crippen molar-refractivity contribution < 1.29 is 28.6 Å². The number of anilines is 1. The van der Waals surface area contributed by atoms with Gasteiger partial charge in [0.2, 0.25) is 5.91 Å². The van der Waals surface area contributed by atoms with E-state index in [1.165, 1.54) is 20.3 Å². The molecular weight excluding hydrogens is 480 g/mol. The standard InChI is InChI=1S/C24H23ClN2O6S/c1-5-6-15-9-14(10-19(32-3)22(15)33-4)11-20-23(29)27(24(30)34-20)13-21(28)26-16-7-8-18(31-2)17(25)12-16/h5,7-12H,1,6,13H2,2-4H3,(H,26,28)/b20-11-. The zero-order valence-electron chi connectivity index (χ0n) is 18.8. The Morgan fingerprint density at radius 1 is 1.12 bits per heavy atom. The van der Waals surface area contributed by atoms with E-state index in [4.69, 9.17) is 25.8 Å². The molecule has 3 amide bonds. The minimum absolute atomic E-state index is 0.196. The van der Waals surface area contributed by atoms with Crippen LogP contribution in [0.1, 0.15) is 11.1 Å². The van der Waals surface area contributed by atoms with Gasteiger partial charge < -0.3 is 19.5 Å². The highest BCUT2D eigenvalue weighted by Gasteiger charge is 2.36. The molecule has 3 rings (SSSR count). The number of amides is 3. The van der Waals surface area contributed by atoms with Crippen LogP contribution in [0.25, 0.3) is 6.08 Å². The molecule has 1 aliphatic rings. The highest BCUT2D eigenvalue weighted by atomic mass is 35.5. The Hall–Kier alpha value is -3.43. The van der Waals surface area contributed by atoms with Gasteiger partial charge in [0, 0.05) is 11.3 Å². The Kier molecular flexibility index (Phi) is 8.25. The molecule has 0 bridgehead atoms. The largest absolute Gasteiger partial charge is 0.495 e. The number of halogens is 1. The predicted octanol–water partition coefficient (Wildman–Crippen LogP) is 4.77. The molecule has 0 spiro atoms. The summed E-state index contributed by atoms with van der Waals surface area (Å²) in [6.07, 6.45) is 3.84. The first-order valence-electron chi connectivity index (χ1n) is 10.1. The lowest BCUT2D eigenvalue weighted by Gasteiger charge is -2.14. The van der Waals surface area contributed by atoms with E-state index in [9.17, 15) is 14.4 Å². The van der Waals surface area contributed by atoms with Gasteiger partial charge in [-0.3, -0.25) is 19.3 Å². The van der Waals surface area contributed by atoms with Crippen LogP contribution in [-0.4, -0.2) is 49.8 Å². The van der Waals surface area contributed by atoms with Gasteiger partial charge >= 0.3 is 0 Å². The van der Waals surface area contributed by atoms with Crippen molar-refractivity contribution >= 4 is 52.2 Å². The Morgan fingerprint density at radius 2 is 1.85 bits per heavy atom. The number of rotatable bonds is 9. The Balaban J connectivity index is 1.77. The number of imide groups is 1. The van der Waals surface area contributed by atoms with Crippen molar-refractivity contribution in [2.45, 2.75) is 6.42 Å². The maximum absolute atomic E-state index is 12.9. The summed E-state index contributed by atoms with van der Waals surface area (Å²) in [7, 11) is 4.54. The lowest BCUT2D eigenvalue weighted by Crippen LogP contribution is -2.36. The number of carbonyl (C=O) groups is 3. The van der Waals surface area contributed by atoms with E-state index in [2.05, 4.69) is 11.9 Å². The molecule has 34 heavy (non-hydrogen) atoms. The van der Waals surface area contributed by atoms with Crippen LogP contribution in [-0.2, 0) is 16.0 Å². The average molecular weight is 503 g/mol. The Morgan fingerprint density at radius 3 is 2.47 bits per heavy atom. The number of nitrogens with zero attached hydrogens (tertiary/aromatic N) is 1. The van der Waals surface area contributed by atoms with Gasteiger partial charge in [-0.2, -0.15) is 0 Å². The fraction of sp³-hybridized carbons (Fsp3) is 0.208. The number of methoxy groups -OCH3 is 3. The third-order valence-corrected chi connectivity index (χ3v) is 6.05. The molecule has 0 aromatic heterocycles. The first-order chi connectivity index (χ1) is 16.3. The minimum atomic E-state index is -0.557. The summed E-state index contributed by atoms with van der Waals surface area (Å²) in [5, 5.41) is 2.41. The second-order valence-corrected chi connectivity index (χ2v) is 8.47. The molecule has 2 aromatic rings. The van der Waals surface area contributed by atoms with Crippen LogP contribution in [0.3, 0.4) is 0 Å². The molecule has 10 heteroatoms. The normalized spacial score (nSPS) is 14.4. The minimum Gasteiger partial charge on any atom is -0.495 e. The van der Waals surface area contributed by atoms with E-state index in [0.29, 0.717) is 39.9 Å². The molecule has 0 radical (unpaired) electrons. The Labute approximate surface area is 206 Å². The summed E-state index contributed by atoms with van der Waals surface area (Å²) in [4.78, 5) is 38.9. The molecule has 1 saturated heterocycles. The third kappa shape index (κ3) is 5.55. The summed E-state index contributed by atoms with van der Waals surface area (Å²) in [6.45, 7) is 3.32. The van der Waals surface area contributed by atoms with Crippen molar-refractivity contribution in [3.63, 3.8) is 0 Å². The van der Waals surface area contributed by atoms with Gasteiger partial charge in [0.15, 0.2) is 11.5 Å². The molecule has 8 nitrogen and oxygen atoms in total. The van der Waals surface area contributed by atoms with Gasteiger partial charge in [0.25, 0.3) is 11.1 Å². The van der Waals surface area contributed by atoms with Gasteiger partial charge in [0.1, 0.15) is 12.3 Å². The average Bonchev–Trinajstić information content (AvgIpc) is 3.06. The topological polar surface area (TPSA) is 94.2 Å². The molecule has 2 aromatic carbocycles. The molecule has 0 saturated carbocycles. The van der Waals surface area contributed by atoms with E-state index < -0.39 is 23.6 Å². The molecule has 1 heterocycles. The molecule has 1 N–H and O–H groups in total. The van der Waals surface area contributed by atoms with Crippen molar-refractivity contribution in [3.05, 3.63) is 64.0 Å². The summed E-state index contributed by atoms with van der Waals surface area (Å²) in [6, 6.07) is 8.26. The lowest BCUT2D eigenvalue weighted by molar-refractivity contribution is -0.127. The first-order valence-corrected chi connectivity index (χ1v) is 11.2. The van der Waals surface area contributed by atoms with Crippen LogP contribution in [0.15, 0.2) is 47.9 Å². The van der Waals surface area contributed by atoms with Gasteiger partial charge in [0.05, 0.1) is 31.3 Å². The fourth-order valence-corrected chi connectivity index (χ4v) is 4.43. The number of hydrogen-bond donors (Lipinski definition) is 1. The second kappa shape index (κ2) is 11.1. The number of thioether (sulfide) groups is 1. The summed E-state index contributed by atoms with van der Waals surface area (Å²) >= 11 is 6.83. The highest BCUT2D eigenvalue weighted by Crippen LogP contribution is 2.37. The summed E-state index contributed by atoms with van der Waals surface area (Å²) in [5.74, 6) is 0.428. The first kappa shape index (κ1) is 25.2. The highest BCUT2D eigenvalue weighted by molar-refractivity contribution is 8.18. The molecule has 178 valence electrons. The van der Waals surface area contributed by atoms with Gasteiger partial charge in [-0.25, -0.2) is 0 Å². The van der Waals surface area contributed by atoms with Crippen LogP contribution >= 0.6 is 23.4 Å². The van der Waals surface area contributed by atoms with Crippen molar-refractivity contribution in [1.29, 1.82) is 0 Å². The lowest BCUT2D eigenvalue weighted by atomic mass is 10.0. The quantitative estimate of drug-likeness (QED) is 0.390. The summed E-state index contributed by atoms with van der Waals surface area (Å²) in [5.41, 5.74) is 1.88. The van der Waals surface area contributed by atoms with Crippen LogP contribution < -0.4 is 19.5 Å². The number of hydrogen-bond acceptors (Lipinski definition) is 7. The maximum atomic E-state index is 12.9. The van der Waals surface area contributed by atoms with Gasteiger partial charge in [-0.05, 0) is 60.2 Å². The molecular formula is C24H23ClN2O6S. The van der Waals surface area contributed by atoms with Crippen LogP contribution in [0, 0.1) is 0 Å². The number of nitrogens with one attached hydrogen (secondary N) is 1. The van der Waals surface area contributed by atoms with Crippen molar-refractivity contribution in [2.75, 3.05) is 33.2 Å². The van der Waals surface area contributed by atoms with Crippen molar-refractivity contribution in [1.82, 2.24) is 4.90 Å². The van der Waals surface area contributed by atoms with E-state index in [0.717, 1.165) is 22.2 Å². The molecule has 0 aliphatic carbocycles. The zero-order valence-corrected chi connectivity index (χ0v) is 20.4. The molecule has 0 unspecified atom stereocenters. The smallest absolute Gasteiger partial charge is 0.294 e.